The van der Waals surface area contributed by atoms with Crippen molar-refractivity contribution in [1.82, 2.24) is 20.6 Å². The standard InChI is InChI=1S/C38H35Cl2N5O6/c1-23-18-33(50-21-25-8-5-6-17-42-25)26-9-7-10-31(37(26)44-23)51-22-28-29(39)14-15-30(36(28)40)45(3)35(47)20-43-34(46)16-12-24-11-13-27(38(48)41-2)32(19-24)49-4/h5-19H,20-22H2,1-4H3,(H,41,48)(H,43,46). The maximum absolute atomic E-state index is 13.1. The number of rotatable bonds is 13. The number of anilines is 1. The van der Waals surface area contributed by atoms with Crippen LogP contribution in [0.15, 0.2) is 85.1 Å². The van der Waals surface area contributed by atoms with Crippen LogP contribution in [0.4, 0.5) is 5.69 Å². The van der Waals surface area contributed by atoms with Gasteiger partial charge < -0.3 is 29.7 Å². The van der Waals surface area contributed by atoms with Crippen LogP contribution in [0.1, 0.15) is 32.9 Å². The van der Waals surface area contributed by atoms with Crippen LogP contribution in [-0.2, 0) is 22.8 Å². The number of nitrogens with one attached hydrogen (secondary N) is 2. The number of methoxy groups -OCH3 is 1. The first-order valence-electron chi connectivity index (χ1n) is 15.7. The lowest BCUT2D eigenvalue weighted by atomic mass is 10.1. The van der Waals surface area contributed by atoms with Crippen LogP contribution in [-0.4, -0.2) is 55.4 Å². The highest BCUT2D eigenvalue weighted by Gasteiger charge is 2.20. The molecule has 51 heavy (non-hydrogen) atoms. The molecule has 0 saturated carbocycles. The highest BCUT2D eigenvalue weighted by Crippen LogP contribution is 2.36. The van der Waals surface area contributed by atoms with Crippen molar-refractivity contribution in [2.24, 2.45) is 0 Å². The molecule has 0 unspecified atom stereocenters. The molecule has 13 heteroatoms. The number of aryl methyl sites for hydroxylation is 1. The number of nitrogens with zero attached hydrogens (tertiary/aromatic N) is 3. The fourth-order valence-electron chi connectivity index (χ4n) is 5.09. The van der Waals surface area contributed by atoms with Gasteiger partial charge in [0.15, 0.2) is 0 Å². The number of carbonyl (C=O) groups excluding carboxylic acids is 3. The molecule has 0 aliphatic rings. The summed E-state index contributed by atoms with van der Waals surface area (Å²) >= 11 is 13.4. The zero-order valence-corrected chi connectivity index (χ0v) is 29.8. The molecule has 2 N–H and O–H groups in total. The summed E-state index contributed by atoms with van der Waals surface area (Å²) in [6.45, 7) is 1.86. The summed E-state index contributed by atoms with van der Waals surface area (Å²) in [5.74, 6) is 0.294. The molecule has 2 heterocycles. The Morgan fingerprint density at radius 1 is 0.922 bits per heavy atom. The number of hydrogen-bond acceptors (Lipinski definition) is 8. The maximum Gasteiger partial charge on any atom is 0.254 e. The minimum absolute atomic E-state index is 0.0111. The van der Waals surface area contributed by atoms with E-state index in [-0.39, 0.29) is 24.1 Å². The van der Waals surface area contributed by atoms with Gasteiger partial charge in [-0.05, 0) is 67.1 Å². The van der Waals surface area contributed by atoms with Crippen molar-refractivity contribution in [3.8, 4) is 17.2 Å². The number of carbonyl (C=O) groups is 3. The van der Waals surface area contributed by atoms with Gasteiger partial charge in [-0.1, -0.05) is 41.4 Å². The summed E-state index contributed by atoms with van der Waals surface area (Å²) < 4.78 is 17.6. The van der Waals surface area contributed by atoms with Crippen LogP contribution in [0.3, 0.4) is 0 Å². The largest absolute Gasteiger partial charge is 0.496 e. The van der Waals surface area contributed by atoms with E-state index < -0.39 is 11.8 Å². The van der Waals surface area contributed by atoms with E-state index in [2.05, 4.69) is 15.6 Å². The lowest BCUT2D eigenvalue weighted by molar-refractivity contribution is -0.122. The predicted molar refractivity (Wildman–Crippen MR) is 198 cm³/mol. The molecule has 0 aliphatic heterocycles. The van der Waals surface area contributed by atoms with E-state index in [0.29, 0.717) is 56.8 Å². The minimum Gasteiger partial charge on any atom is -0.496 e. The topological polar surface area (TPSA) is 132 Å². The van der Waals surface area contributed by atoms with Crippen LogP contribution in [0, 0.1) is 6.92 Å². The molecule has 0 spiro atoms. The molecule has 11 nitrogen and oxygen atoms in total. The van der Waals surface area contributed by atoms with Gasteiger partial charge in [0.25, 0.3) is 5.91 Å². The zero-order valence-electron chi connectivity index (χ0n) is 28.3. The molecule has 5 aromatic rings. The van der Waals surface area contributed by atoms with Crippen molar-refractivity contribution in [3.05, 3.63) is 123 Å². The molecule has 0 radical (unpaired) electrons. The van der Waals surface area contributed by atoms with Crippen molar-refractivity contribution in [2.45, 2.75) is 20.1 Å². The molecule has 2 aromatic heterocycles. The number of pyridine rings is 2. The van der Waals surface area contributed by atoms with Gasteiger partial charge in [-0.2, -0.15) is 0 Å². The number of halogens is 2. The van der Waals surface area contributed by atoms with Gasteiger partial charge in [0.2, 0.25) is 11.8 Å². The lowest BCUT2D eigenvalue weighted by Crippen LogP contribution is -2.37. The molecular weight excluding hydrogens is 693 g/mol. The molecule has 5 rings (SSSR count). The van der Waals surface area contributed by atoms with E-state index in [4.69, 9.17) is 42.4 Å². The smallest absolute Gasteiger partial charge is 0.254 e. The zero-order chi connectivity index (χ0) is 36.5. The number of amides is 3. The van der Waals surface area contributed by atoms with Crippen molar-refractivity contribution in [3.63, 3.8) is 0 Å². The van der Waals surface area contributed by atoms with Crippen molar-refractivity contribution in [1.29, 1.82) is 0 Å². The molecule has 0 bridgehead atoms. The molecule has 0 atom stereocenters. The van der Waals surface area contributed by atoms with Gasteiger partial charge in [-0.25, -0.2) is 4.98 Å². The molecular formula is C38H35Cl2N5O6. The highest BCUT2D eigenvalue weighted by atomic mass is 35.5. The average Bonchev–Trinajstić information content (AvgIpc) is 3.14. The Hall–Kier alpha value is -5.65. The third kappa shape index (κ3) is 8.94. The summed E-state index contributed by atoms with van der Waals surface area (Å²) in [5, 5.41) is 6.47. The molecule has 3 aromatic carbocycles. The van der Waals surface area contributed by atoms with Crippen LogP contribution in [0.2, 0.25) is 10.0 Å². The van der Waals surface area contributed by atoms with Crippen molar-refractivity contribution < 1.29 is 28.6 Å². The van der Waals surface area contributed by atoms with Crippen molar-refractivity contribution >= 4 is 63.6 Å². The van der Waals surface area contributed by atoms with Crippen LogP contribution < -0.4 is 29.7 Å². The first-order chi connectivity index (χ1) is 24.6. The van der Waals surface area contributed by atoms with E-state index in [1.54, 1.807) is 55.7 Å². The van der Waals surface area contributed by atoms with E-state index in [1.807, 2.05) is 43.3 Å². The van der Waals surface area contributed by atoms with Crippen LogP contribution >= 0.6 is 23.2 Å². The fraction of sp³-hybridized carbons (Fsp3) is 0.184. The number of para-hydroxylation sites is 1. The Morgan fingerprint density at radius 3 is 2.47 bits per heavy atom. The first kappa shape index (κ1) is 36.6. The van der Waals surface area contributed by atoms with Gasteiger partial charge in [0.05, 0.1) is 35.6 Å². The SMILES string of the molecule is CNC(=O)c1ccc(C=CC(=O)NCC(=O)N(C)c2ccc(Cl)c(COc3cccc4c(OCc5ccccn5)cc(C)nc34)c2Cl)cc1OC. The summed E-state index contributed by atoms with van der Waals surface area (Å²) in [5.41, 5.74) is 3.99. The molecule has 3 amide bonds. The maximum atomic E-state index is 13.1. The molecule has 262 valence electrons. The third-order valence-corrected chi connectivity index (χ3v) is 8.58. The van der Waals surface area contributed by atoms with Gasteiger partial charge in [0, 0.05) is 54.1 Å². The van der Waals surface area contributed by atoms with Crippen LogP contribution in [0.5, 0.6) is 17.2 Å². The first-order valence-corrected chi connectivity index (χ1v) is 16.5. The van der Waals surface area contributed by atoms with E-state index >= 15 is 0 Å². The van der Waals surface area contributed by atoms with Gasteiger partial charge in [0.1, 0.15) is 36.0 Å². The Kier molecular flexibility index (Phi) is 12.1. The molecule has 0 saturated heterocycles. The minimum atomic E-state index is -0.494. The molecule has 0 fully saturated rings. The van der Waals surface area contributed by atoms with E-state index in [9.17, 15) is 14.4 Å². The van der Waals surface area contributed by atoms with E-state index in [0.717, 1.165) is 16.8 Å². The Morgan fingerprint density at radius 2 is 1.73 bits per heavy atom. The second-order valence-electron chi connectivity index (χ2n) is 11.2. The number of likely N-dealkylation sites (N-methyl/N-ethyl adjacent to an activating group) is 1. The second-order valence-corrected chi connectivity index (χ2v) is 12.0. The Bertz CT molecular complexity index is 2110. The average molecular weight is 729 g/mol. The predicted octanol–water partition coefficient (Wildman–Crippen LogP) is 6.56. The third-order valence-electron chi connectivity index (χ3n) is 7.81. The molecule has 0 aliphatic carbocycles. The van der Waals surface area contributed by atoms with Crippen LogP contribution in [0.25, 0.3) is 17.0 Å². The number of hydrogen-bond donors (Lipinski definition) is 2. The monoisotopic (exact) mass is 727 g/mol. The second kappa shape index (κ2) is 16.8. The Labute approximate surface area is 305 Å². The fourth-order valence-corrected chi connectivity index (χ4v) is 5.70. The number of benzene rings is 3. The number of fused-ring (bicyclic) bond motifs is 1. The summed E-state index contributed by atoms with van der Waals surface area (Å²) in [4.78, 5) is 48.0. The van der Waals surface area contributed by atoms with Gasteiger partial charge in [-0.3, -0.25) is 19.4 Å². The normalized spacial score (nSPS) is 10.9. The van der Waals surface area contributed by atoms with Gasteiger partial charge in [-0.15, -0.1) is 0 Å². The number of aromatic nitrogens is 2. The number of ether oxygens (including phenoxy) is 3. The quantitative estimate of drug-likeness (QED) is 0.130. The Balaban J connectivity index is 1.24. The van der Waals surface area contributed by atoms with Gasteiger partial charge >= 0.3 is 0 Å². The van der Waals surface area contributed by atoms with Crippen molar-refractivity contribution in [2.75, 3.05) is 32.6 Å². The highest BCUT2D eigenvalue weighted by molar-refractivity contribution is 6.38. The lowest BCUT2D eigenvalue weighted by Gasteiger charge is -2.21. The summed E-state index contributed by atoms with van der Waals surface area (Å²) in [6.07, 6.45) is 4.55. The van der Waals surface area contributed by atoms with E-state index in [1.165, 1.54) is 25.1 Å². The summed E-state index contributed by atoms with van der Waals surface area (Å²) in [6, 6.07) is 21.2. The summed E-state index contributed by atoms with van der Waals surface area (Å²) in [7, 11) is 4.53.